The zero-order chi connectivity index (χ0) is 21.8. The van der Waals surface area contributed by atoms with Crippen LogP contribution in [0.3, 0.4) is 0 Å². The smallest absolute Gasteiger partial charge is 0.247 e. The average molecular weight is 436 g/mol. The van der Waals surface area contributed by atoms with Gasteiger partial charge in [0.25, 0.3) is 0 Å². The van der Waals surface area contributed by atoms with E-state index in [0.29, 0.717) is 42.8 Å². The number of carbonyl (C=O) groups excluding carboxylic acids is 1. The molecule has 3 aromatic rings. The van der Waals surface area contributed by atoms with Crippen LogP contribution in [0.4, 0.5) is 0 Å². The molecule has 9 nitrogen and oxygen atoms in total. The predicted molar refractivity (Wildman–Crippen MR) is 113 cm³/mol. The van der Waals surface area contributed by atoms with Crippen molar-refractivity contribution in [3.05, 3.63) is 54.2 Å². The maximum Gasteiger partial charge on any atom is 0.247 e. The molecule has 166 valence electrons. The van der Waals surface area contributed by atoms with Crippen LogP contribution in [-0.4, -0.2) is 52.0 Å². The molecule has 1 atom stereocenters. The van der Waals surface area contributed by atoms with Crippen LogP contribution in [0.15, 0.2) is 47.0 Å². The van der Waals surface area contributed by atoms with Gasteiger partial charge < -0.3 is 23.5 Å². The lowest BCUT2D eigenvalue weighted by Gasteiger charge is -2.25. The van der Waals surface area contributed by atoms with Crippen molar-refractivity contribution >= 4 is 5.91 Å². The SMILES string of the molecule is O=C(CCc1nnc(-c2ccc3c(c2)OCO3)o1)N(Cc1ccccn1)CC1CCCO1. The van der Waals surface area contributed by atoms with E-state index in [-0.39, 0.29) is 25.2 Å². The van der Waals surface area contributed by atoms with Crippen molar-refractivity contribution in [1.29, 1.82) is 0 Å². The van der Waals surface area contributed by atoms with Crippen molar-refractivity contribution in [2.75, 3.05) is 19.9 Å². The molecule has 1 unspecified atom stereocenters. The number of hydrogen-bond donors (Lipinski definition) is 0. The maximum atomic E-state index is 13.0. The molecule has 1 amide bonds. The second-order valence-corrected chi connectivity index (χ2v) is 7.80. The van der Waals surface area contributed by atoms with Crippen LogP contribution in [0.25, 0.3) is 11.5 Å². The number of benzene rings is 1. The minimum Gasteiger partial charge on any atom is -0.454 e. The normalized spacial score (nSPS) is 16.9. The summed E-state index contributed by atoms with van der Waals surface area (Å²) in [6.07, 6.45) is 4.43. The third-order valence-electron chi connectivity index (χ3n) is 5.52. The molecule has 32 heavy (non-hydrogen) atoms. The molecule has 2 aliphatic rings. The Labute approximate surface area is 185 Å². The van der Waals surface area contributed by atoms with E-state index in [1.165, 1.54) is 0 Å². The van der Waals surface area contributed by atoms with E-state index in [4.69, 9.17) is 18.6 Å². The highest BCUT2D eigenvalue weighted by molar-refractivity contribution is 5.76. The number of amides is 1. The quantitative estimate of drug-likeness (QED) is 0.531. The van der Waals surface area contributed by atoms with Crippen molar-refractivity contribution in [3.63, 3.8) is 0 Å². The summed E-state index contributed by atoms with van der Waals surface area (Å²) in [6.45, 7) is 1.96. The van der Waals surface area contributed by atoms with Crippen LogP contribution >= 0.6 is 0 Å². The topological polar surface area (TPSA) is 99.8 Å². The lowest BCUT2D eigenvalue weighted by atomic mass is 10.2. The Hall–Kier alpha value is -3.46. The van der Waals surface area contributed by atoms with E-state index in [0.717, 1.165) is 30.7 Å². The number of aryl methyl sites for hydroxylation is 1. The summed E-state index contributed by atoms with van der Waals surface area (Å²) >= 11 is 0. The van der Waals surface area contributed by atoms with E-state index in [2.05, 4.69) is 15.2 Å². The summed E-state index contributed by atoms with van der Waals surface area (Å²) in [7, 11) is 0. The summed E-state index contributed by atoms with van der Waals surface area (Å²) in [5.41, 5.74) is 1.59. The van der Waals surface area contributed by atoms with Crippen molar-refractivity contribution < 1.29 is 23.4 Å². The van der Waals surface area contributed by atoms with E-state index >= 15 is 0 Å². The number of fused-ring (bicyclic) bond motifs is 1. The zero-order valence-electron chi connectivity index (χ0n) is 17.6. The Morgan fingerprint density at radius 3 is 2.91 bits per heavy atom. The van der Waals surface area contributed by atoms with E-state index in [9.17, 15) is 4.79 Å². The van der Waals surface area contributed by atoms with Crippen LogP contribution in [0.2, 0.25) is 0 Å². The van der Waals surface area contributed by atoms with Crippen molar-refractivity contribution in [1.82, 2.24) is 20.1 Å². The second-order valence-electron chi connectivity index (χ2n) is 7.80. The number of nitrogens with zero attached hydrogens (tertiary/aromatic N) is 4. The molecule has 0 saturated carbocycles. The van der Waals surface area contributed by atoms with Crippen molar-refractivity contribution in [2.24, 2.45) is 0 Å². The standard InChI is InChI=1S/C23H24N4O5/c28-22(27(14-18-5-3-11-29-18)13-17-4-1-2-10-24-17)9-8-21-25-26-23(32-21)16-6-7-19-20(12-16)31-15-30-19/h1-2,4,6-7,10,12,18H,3,5,8-9,11,13-15H2. The van der Waals surface area contributed by atoms with Gasteiger partial charge in [-0.2, -0.15) is 0 Å². The number of aromatic nitrogens is 3. The van der Waals surface area contributed by atoms with Crippen molar-refractivity contribution in [2.45, 2.75) is 38.3 Å². The molecule has 0 N–H and O–H groups in total. The van der Waals surface area contributed by atoms with Gasteiger partial charge in [-0.15, -0.1) is 10.2 Å². The average Bonchev–Trinajstić information content (AvgIpc) is 3.59. The molecule has 2 aromatic heterocycles. The summed E-state index contributed by atoms with van der Waals surface area (Å²) in [4.78, 5) is 19.2. The van der Waals surface area contributed by atoms with Crippen LogP contribution in [-0.2, 0) is 22.5 Å². The van der Waals surface area contributed by atoms with Gasteiger partial charge in [0.1, 0.15) is 0 Å². The third kappa shape index (κ3) is 4.72. The summed E-state index contributed by atoms with van der Waals surface area (Å²) in [6, 6.07) is 11.2. The molecule has 1 fully saturated rings. The van der Waals surface area contributed by atoms with Gasteiger partial charge in [-0.25, -0.2) is 0 Å². The summed E-state index contributed by atoms with van der Waals surface area (Å²) < 4.78 is 22.3. The predicted octanol–water partition coefficient (Wildman–Crippen LogP) is 3.00. The Balaban J connectivity index is 1.22. The summed E-state index contributed by atoms with van der Waals surface area (Å²) in [5.74, 6) is 2.15. The first-order valence-electron chi connectivity index (χ1n) is 10.8. The number of rotatable bonds is 8. The first-order valence-corrected chi connectivity index (χ1v) is 10.8. The van der Waals surface area contributed by atoms with Crippen LogP contribution < -0.4 is 9.47 Å². The maximum absolute atomic E-state index is 13.0. The second kappa shape index (κ2) is 9.35. The molecule has 0 bridgehead atoms. The van der Waals surface area contributed by atoms with Gasteiger partial charge in [-0.3, -0.25) is 9.78 Å². The minimum absolute atomic E-state index is 0.00832. The molecule has 2 aliphatic heterocycles. The Morgan fingerprint density at radius 1 is 1.12 bits per heavy atom. The van der Waals surface area contributed by atoms with Gasteiger partial charge in [-0.1, -0.05) is 6.07 Å². The third-order valence-corrected chi connectivity index (χ3v) is 5.52. The lowest BCUT2D eigenvalue weighted by molar-refractivity contribution is -0.133. The fourth-order valence-electron chi connectivity index (χ4n) is 3.85. The van der Waals surface area contributed by atoms with Crippen LogP contribution in [0.5, 0.6) is 11.5 Å². The molecule has 9 heteroatoms. The molecule has 0 aliphatic carbocycles. The number of hydrogen-bond acceptors (Lipinski definition) is 8. The molecule has 1 saturated heterocycles. The number of pyridine rings is 1. The van der Waals surface area contributed by atoms with Gasteiger partial charge in [-0.05, 0) is 43.2 Å². The van der Waals surface area contributed by atoms with Crippen LogP contribution in [0.1, 0.15) is 30.8 Å². The fourth-order valence-corrected chi connectivity index (χ4v) is 3.85. The molecule has 5 rings (SSSR count). The van der Waals surface area contributed by atoms with Gasteiger partial charge >= 0.3 is 0 Å². The van der Waals surface area contributed by atoms with E-state index in [1.807, 2.05) is 35.2 Å². The largest absolute Gasteiger partial charge is 0.454 e. The number of ether oxygens (including phenoxy) is 3. The van der Waals surface area contributed by atoms with E-state index in [1.54, 1.807) is 12.3 Å². The highest BCUT2D eigenvalue weighted by atomic mass is 16.7. The molecule has 4 heterocycles. The summed E-state index contributed by atoms with van der Waals surface area (Å²) in [5, 5.41) is 8.23. The lowest BCUT2D eigenvalue weighted by Crippen LogP contribution is -2.37. The van der Waals surface area contributed by atoms with Crippen LogP contribution in [0, 0.1) is 0 Å². The zero-order valence-corrected chi connectivity index (χ0v) is 17.6. The number of carbonyl (C=O) groups is 1. The molecule has 1 aromatic carbocycles. The monoisotopic (exact) mass is 436 g/mol. The first-order chi connectivity index (χ1) is 15.7. The van der Waals surface area contributed by atoms with Gasteiger partial charge in [0.15, 0.2) is 11.5 Å². The Morgan fingerprint density at radius 2 is 2.06 bits per heavy atom. The Bertz CT molecular complexity index is 1070. The highest BCUT2D eigenvalue weighted by Gasteiger charge is 2.24. The van der Waals surface area contributed by atoms with Gasteiger partial charge in [0.2, 0.25) is 24.5 Å². The van der Waals surface area contributed by atoms with Crippen molar-refractivity contribution in [3.8, 4) is 23.0 Å². The Kier molecular flexibility index (Phi) is 5.98. The molecule has 0 spiro atoms. The van der Waals surface area contributed by atoms with Gasteiger partial charge in [0.05, 0.1) is 18.3 Å². The minimum atomic E-state index is 0.00832. The molecular weight excluding hydrogens is 412 g/mol. The highest BCUT2D eigenvalue weighted by Crippen LogP contribution is 2.35. The molecule has 0 radical (unpaired) electrons. The molecular formula is C23H24N4O5. The van der Waals surface area contributed by atoms with Gasteiger partial charge in [0, 0.05) is 37.8 Å². The fraction of sp³-hybridized carbons (Fsp3) is 0.391. The van der Waals surface area contributed by atoms with E-state index < -0.39 is 0 Å². The first kappa shape index (κ1) is 20.4.